The molecule has 1 aliphatic heterocycles. The molecule has 0 bridgehead atoms. The van der Waals surface area contributed by atoms with E-state index in [1.807, 2.05) is 43.3 Å². The van der Waals surface area contributed by atoms with Crippen molar-refractivity contribution in [1.82, 2.24) is 4.90 Å². The molecular weight excluding hydrogens is 522 g/mol. The zero-order chi connectivity index (χ0) is 28.3. The van der Waals surface area contributed by atoms with Gasteiger partial charge in [-0.15, -0.1) is 0 Å². The van der Waals surface area contributed by atoms with E-state index in [1.165, 1.54) is 31.3 Å². The number of nitrogens with zero attached hydrogens (tertiary/aromatic N) is 1. The average molecular weight is 552 g/mol. The molecule has 4 rings (SSSR count). The third kappa shape index (κ3) is 5.38. The van der Waals surface area contributed by atoms with Gasteiger partial charge in [0.05, 0.1) is 50.6 Å². The van der Waals surface area contributed by atoms with Crippen LogP contribution >= 0.6 is 11.6 Å². The summed E-state index contributed by atoms with van der Waals surface area (Å²) in [5.74, 6) is -0.192. The van der Waals surface area contributed by atoms with Crippen LogP contribution in [0.3, 0.4) is 0 Å². The molecule has 1 heterocycles. The Kier molecular flexibility index (Phi) is 8.35. The minimum atomic E-state index is -0.823. The molecule has 1 atom stereocenters. The fraction of sp³-hybridized carbons (Fsp3) is 0.267. The lowest BCUT2D eigenvalue weighted by atomic mass is 9.94. The van der Waals surface area contributed by atoms with Gasteiger partial charge in [-0.1, -0.05) is 47.5 Å². The second-order valence-corrected chi connectivity index (χ2v) is 9.44. The Hall–Kier alpha value is -4.17. The number of carbonyl (C=O) groups is 2. The number of methoxy groups -OCH3 is 4. The van der Waals surface area contributed by atoms with Crippen molar-refractivity contribution in [3.8, 4) is 23.0 Å². The molecule has 204 valence electrons. The van der Waals surface area contributed by atoms with E-state index in [2.05, 4.69) is 0 Å². The molecule has 1 fully saturated rings. The highest BCUT2D eigenvalue weighted by atomic mass is 35.5. The maximum absolute atomic E-state index is 13.5. The van der Waals surface area contributed by atoms with Gasteiger partial charge in [-0.3, -0.25) is 9.59 Å². The number of likely N-dealkylation sites (tertiary alicyclic amines) is 1. The lowest BCUT2D eigenvalue weighted by Crippen LogP contribution is -2.31. The number of aliphatic hydroxyl groups excluding tert-OH is 1. The number of carbonyl (C=O) groups excluding carboxylic acids is 2. The number of amides is 1. The van der Waals surface area contributed by atoms with E-state index in [4.69, 9.17) is 30.5 Å². The molecule has 3 aromatic carbocycles. The largest absolute Gasteiger partial charge is 0.507 e. The quantitative estimate of drug-likeness (QED) is 0.218. The van der Waals surface area contributed by atoms with E-state index in [-0.39, 0.29) is 40.0 Å². The monoisotopic (exact) mass is 551 g/mol. The summed E-state index contributed by atoms with van der Waals surface area (Å²) in [7, 11) is 5.98. The van der Waals surface area contributed by atoms with Crippen LogP contribution in [0, 0.1) is 6.92 Å². The van der Waals surface area contributed by atoms with Gasteiger partial charge in [0.15, 0.2) is 11.5 Å². The summed E-state index contributed by atoms with van der Waals surface area (Å²) < 4.78 is 21.5. The molecule has 0 saturated carbocycles. The summed E-state index contributed by atoms with van der Waals surface area (Å²) in [6, 6.07) is 15.2. The summed E-state index contributed by atoms with van der Waals surface area (Å²) in [5, 5.41) is 11.8. The number of aryl methyl sites for hydroxylation is 1. The third-order valence-electron chi connectivity index (χ3n) is 6.72. The zero-order valence-electron chi connectivity index (χ0n) is 22.4. The predicted molar refractivity (Wildman–Crippen MR) is 148 cm³/mol. The van der Waals surface area contributed by atoms with Crippen molar-refractivity contribution in [2.75, 3.05) is 35.0 Å². The molecular formula is C30H30ClNO7. The van der Waals surface area contributed by atoms with E-state index < -0.39 is 17.7 Å². The van der Waals surface area contributed by atoms with Gasteiger partial charge in [0, 0.05) is 12.6 Å². The van der Waals surface area contributed by atoms with Crippen LogP contribution < -0.4 is 18.9 Å². The van der Waals surface area contributed by atoms with E-state index in [0.717, 1.165) is 11.1 Å². The number of halogens is 1. The van der Waals surface area contributed by atoms with Gasteiger partial charge in [-0.25, -0.2) is 0 Å². The smallest absolute Gasteiger partial charge is 0.295 e. The molecule has 8 nitrogen and oxygen atoms in total. The molecule has 39 heavy (non-hydrogen) atoms. The first-order chi connectivity index (χ1) is 18.7. The van der Waals surface area contributed by atoms with E-state index in [1.54, 1.807) is 20.3 Å². The zero-order valence-corrected chi connectivity index (χ0v) is 23.2. The number of hydrogen-bond acceptors (Lipinski definition) is 7. The first kappa shape index (κ1) is 27.9. The van der Waals surface area contributed by atoms with Crippen molar-refractivity contribution in [3.63, 3.8) is 0 Å². The predicted octanol–water partition coefficient (Wildman–Crippen LogP) is 5.35. The molecule has 1 unspecified atom stereocenters. The minimum absolute atomic E-state index is 0.0411. The van der Waals surface area contributed by atoms with Gasteiger partial charge in [0.25, 0.3) is 11.7 Å². The van der Waals surface area contributed by atoms with Gasteiger partial charge in [0.2, 0.25) is 0 Å². The van der Waals surface area contributed by atoms with Crippen LogP contribution in [0.15, 0.2) is 60.2 Å². The lowest BCUT2D eigenvalue weighted by Gasteiger charge is -2.26. The summed E-state index contributed by atoms with van der Waals surface area (Å²) in [4.78, 5) is 28.4. The van der Waals surface area contributed by atoms with Crippen LogP contribution in [0.4, 0.5) is 0 Å². The van der Waals surface area contributed by atoms with Crippen LogP contribution in [0.5, 0.6) is 23.0 Å². The summed E-state index contributed by atoms with van der Waals surface area (Å²) in [5.41, 5.74) is 2.68. The first-order valence-electron chi connectivity index (χ1n) is 12.2. The average Bonchev–Trinajstić information content (AvgIpc) is 3.20. The van der Waals surface area contributed by atoms with Gasteiger partial charge < -0.3 is 29.0 Å². The number of rotatable bonds is 9. The Labute approximate surface area is 232 Å². The van der Waals surface area contributed by atoms with Crippen molar-refractivity contribution in [1.29, 1.82) is 0 Å². The van der Waals surface area contributed by atoms with Crippen LogP contribution in [0.2, 0.25) is 5.02 Å². The van der Waals surface area contributed by atoms with E-state index >= 15 is 0 Å². The summed E-state index contributed by atoms with van der Waals surface area (Å²) >= 11 is 6.25. The Morgan fingerprint density at radius 2 is 1.56 bits per heavy atom. The van der Waals surface area contributed by atoms with Crippen molar-refractivity contribution in [2.24, 2.45) is 0 Å². The second kappa shape index (κ2) is 11.7. The standard InChI is InChI=1S/C30H30ClNO7/c1-17-7-6-8-19(13-17)27-26(28(33)20-15-24(38-4)21(31)16-23(20)37-3)29(34)30(35)32(27)12-11-18-9-10-22(36-2)25(14-18)39-5/h6-10,13-16,27,33H,11-12H2,1-5H3/b28-26+. The SMILES string of the molecule is COc1cc(/C(O)=C2\C(=O)C(=O)N(CCc3ccc(OC)c(OC)c3)C2c2cccc(C)c2)c(OC)cc1Cl. The molecule has 1 N–H and O–H groups in total. The number of benzene rings is 3. The fourth-order valence-corrected chi connectivity index (χ4v) is 5.00. The second-order valence-electron chi connectivity index (χ2n) is 9.03. The molecule has 0 aliphatic carbocycles. The van der Waals surface area contributed by atoms with Gasteiger partial charge in [-0.05, 0) is 42.7 Å². The molecule has 3 aromatic rings. The first-order valence-corrected chi connectivity index (χ1v) is 12.6. The molecule has 0 spiro atoms. The number of Topliss-reactive ketones (excluding diaryl/α,β-unsaturated/α-hetero) is 1. The van der Waals surface area contributed by atoms with Gasteiger partial charge in [-0.2, -0.15) is 0 Å². The molecule has 9 heteroatoms. The van der Waals surface area contributed by atoms with Gasteiger partial charge in [0.1, 0.15) is 17.3 Å². The number of ether oxygens (including phenoxy) is 4. The maximum atomic E-state index is 13.5. The molecule has 0 radical (unpaired) electrons. The molecule has 1 amide bonds. The molecule has 1 saturated heterocycles. The van der Waals surface area contributed by atoms with Gasteiger partial charge >= 0.3 is 0 Å². The normalized spacial score (nSPS) is 16.4. The van der Waals surface area contributed by atoms with Crippen LogP contribution in [-0.4, -0.2) is 56.7 Å². The topological polar surface area (TPSA) is 94.5 Å². The number of ketones is 1. The number of aliphatic hydroxyl groups is 1. The Bertz CT molecular complexity index is 1450. The van der Waals surface area contributed by atoms with E-state index in [9.17, 15) is 14.7 Å². The highest BCUT2D eigenvalue weighted by Gasteiger charge is 2.46. The van der Waals surface area contributed by atoms with Crippen LogP contribution in [0.25, 0.3) is 5.76 Å². The highest BCUT2D eigenvalue weighted by molar-refractivity contribution is 6.46. The van der Waals surface area contributed by atoms with E-state index in [0.29, 0.717) is 23.5 Å². The molecule has 0 aromatic heterocycles. The minimum Gasteiger partial charge on any atom is -0.507 e. The van der Waals surface area contributed by atoms with Crippen LogP contribution in [-0.2, 0) is 16.0 Å². The highest BCUT2D eigenvalue weighted by Crippen LogP contribution is 2.43. The summed E-state index contributed by atoms with van der Waals surface area (Å²) in [6.07, 6.45) is 0.438. The fourth-order valence-electron chi connectivity index (χ4n) is 4.77. The Morgan fingerprint density at radius 3 is 2.21 bits per heavy atom. The van der Waals surface area contributed by atoms with Crippen molar-refractivity contribution >= 4 is 29.1 Å². The summed E-state index contributed by atoms with van der Waals surface area (Å²) in [6.45, 7) is 2.14. The van der Waals surface area contributed by atoms with Crippen molar-refractivity contribution in [2.45, 2.75) is 19.4 Å². The van der Waals surface area contributed by atoms with Crippen molar-refractivity contribution < 1.29 is 33.6 Å². The maximum Gasteiger partial charge on any atom is 0.295 e. The number of hydrogen-bond donors (Lipinski definition) is 1. The van der Waals surface area contributed by atoms with Crippen molar-refractivity contribution in [3.05, 3.63) is 87.4 Å². The molecule has 1 aliphatic rings. The van der Waals surface area contributed by atoms with Crippen LogP contribution in [0.1, 0.15) is 28.3 Å². The lowest BCUT2D eigenvalue weighted by molar-refractivity contribution is -0.139. The third-order valence-corrected chi connectivity index (χ3v) is 7.01. The Morgan fingerprint density at radius 1 is 0.872 bits per heavy atom. The Balaban J connectivity index is 1.82.